The fourth-order valence-corrected chi connectivity index (χ4v) is 3.04. The van der Waals surface area contributed by atoms with Crippen LogP contribution in [0.3, 0.4) is 0 Å². The Balaban J connectivity index is 1.24. The minimum atomic E-state index is -0.333. The van der Waals surface area contributed by atoms with Crippen molar-refractivity contribution in [1.82, 2.24) is 15.6 Å². The van der Waals surface area contributed by atoms with Crippen LogP contribution in [0, 0.1) is 0 Å². The number of benzene rings is 2. The lowest BCUT2D eigenvalue weighted by molar-refractivity contribution is -0.120. The number of amides is 2. The monoisotopic (exact) mass is 365 g/mol. The summed E-state index contributed by atoms with van der Waals surface area (Å²) < 4.78 is 10.5. The van der Waals surface area contributed by atoms with Gasteiger partial charge in [0.15, 0.2) is 11.5 Å². The van der Waals surface area contributed by atoms with E-state index in [2.05, 4.69) is 21.7 Å². The molecule has 0 spiro atoms. The number of carbonyl (C=O) groups excluding carboxylic acids is 2. The number of aromatic nitrogens is 1. The number of hydrogen-bond donors (Lipinski definition) is 3. The number of fused-ring (bicyclic) bond motifs is 2. The summed E-state index contributed by atoms with van der Waals surface area (Å²) in [7, 11) is 0. The number of aromatic amines is 1. The molecule has 0 atom stereocenters. The van der Waals surface area contributed by atoms with Gasteiger partial charge in [-0.1, -0.05) is 18.2 Å². The summed E-state index contributed by atoms with van der Waals surface area (Å²) in [5.41, 5.74) is 2.65. The molecule has 2 amide bonds. The van der Waals surface area contributed by atoms with Gasteiger partial charge in [-0.25, -0.2) is 0 Å². The molecular weight excluding hydrogens is 346 g/mol. The zero-order valence-corrected chi connectivity index (χ0v) is 14.6. The first kappa shape index (κ1) is 17.0. The Morgan fingerprint density at radius 3 is 2.81 bits per heavy atom. The summed E-state index contributed by atoms with van der Waals surface area (Å²) in [5.74, 6) is 0.580. The van der Waals surface area contributed by atoms with Crippen LogP contribution in [0.4, 0.5) is 0 Å². The van der Waals surface area contributed by atoms with Gasteiger partial charge in [0.2, 0.25) is 12.7 Å². The van der Waals surface area contributed by atoms with Gasteiger partial charge >= 0.3 is 0 Å². The van der Waals surface area contributed by atoms with Gasteiger partial charge < -0.3 is 25.1 Å². The van der Waals surface area contributed by atoms with Gasteiger partial charge in [0.25, 0.3) is 5.91 Å². The van der Waals surface area contributed by atoms with Crippen LogP contribution in [0.5, 0.6) is 11.5 Å². The molecule has 1 aliphatic rings. The second-order valence-corrected chi connectivity index (χ2v) is 6.21. The zero-order chi connectivity index (χ0) is 18.6. The van der Waals surface area contributed by atoms with E-state index in [0.29, 0.717) is 30.0 Å². The first-order valence-electron chi connectivity index (χ1n) is 8.70. The highest BCUT2D eigenvalue weighted by atomic mass is 16.7. The van der Waals surface area contributed by atoms with E-state index in [-0.39, 0.29) is 25.2 Å². The highest BCUT2D eigenvalue weighted by Gasteiger charge is 2.16. The molecule has 0 saturated carbocycles. The maximum atomic E-state index is 12.2. The van der Waals surface area contributed by atoms with Crippen LogP contribution in [0.25, 0.3) is 10.9 Å². The van der Waals surface area contributed by atoms with Gasteiger partial charge in [0, 0.05) is 29.2 Å². The van der Waals surface area contributed by atoms with Gasteiger partial charge in [-0.15, -0.1) is 0 Å². The van der Waals surface area contributed by atoms with Crippen molar-refractivity contribution in [1.29, 1.82) is 0 Å². The van der Waals surface area contributed by atoms with Crippen molar-refractivity contribution < 1.29 is 19.1 Å². The Bertz CT molecular complexity index is 996. The Morgan fingerprint density at radius 2 is 1.89 bits per heavy atom. The standard InChI is InChI=1S/C20H19N3O4/c24-19(21-8-7-14-10-22-16-4-2-1-3-15(14)16)11-23-20(25)13-5-6-17-18(9-13)27-12-26-17/h1-6,9-10,22H,7-8,11-12H2,(H,21,24)(H,23,25). The fraction of sp³-hybridized carbons (Fsp3) is 0.200. The third kappa shape index (κ3) is 3.72. The molecule has 2 heterocycles. The van der Waals surface area contributed by atoms with E-state index in [1.165, 1.54) is 0 Å². The molecule has 0 radical (unpaired) electrons. The maximum Gasteiger partial charge on any atom is 0.251 e. The van der Waals surface area contributed by atoms with Crippen molar-refractivity contribution in [2.24, 2.45) is 0 Å². The normalized spacial score (nSPS) is 12.1. The van der Waals surface area contributed by atoms with Crippen molar-refractivity contribution in [3.8, 4) is 11.5 Å². The Hall–Kier alpha value is -3.48. The molecule has 0 saturated heterocycles. The van der Waals surface area contributed by atoms with Crippen molar-refractivity contribution >= 4 is 22.7 Å². The van der Waals surface area contributed by atoms with Gasteiger partial charge in [0.05, 0.1) is 6.54 Å². The van der Waals surface area contributed by atoms with E-state index in [9.17, 15) is 9.59 Å². The highest BCUT2D eigenvalue weighted by molar-refractivity contribution is 5.97. The first-order valence-corrected chi connectivity index (χ1v) is 8.70. The van der Waals surface area contributed by atoms with Crippen LogP contribution in [0.15, 0.2) is 48.7 Å². The molecule has 0 unspecified atom stereocenters. The second kappa shape index (κ2) is 7.41. The molecule has 4 rings (SSSR count). The molecule has 3 aromatic rings. The number of nitrogens with one attached hydrogen (secondary N) is 3. The van der Waals surface area contributed by atoms with Crippen LogP contribution in [0.2, 0.25) is 0 Å². The predicted molar refractivity (Wildman–Crippen MR) is 99.9 cm³/mol. The topological polar surface area (TPSA) is 92.5 Å². The lowest BCUT2D eigenvalue weighted by atomic mass is 10.1. The molecule has 27 heavy (non-hydrogen) atoms. The van der Waals surface area contributed by atoms with Gasteiger partial charge in [-0.3, -0.25) is 9.59 Å². The lowest BCUT2D eigenvalue weighted by Crippen LogP contribution is -2.37. The summed E-state index contributed by atoms with van der Waals surface area (Å²) in [6.45, 7) is 0.570. The molecule has 1 aliphatic heterocycles. The van der Waals surface area contributed by atoms with Crippen LogP contribution < -0.4 is 20.1 Å². The van der Waals surface area contributed by atoms with Crippen molar-refractivity contribution in [2.75, 3.05) is 19.9 Å². The summed E-state index contributed by atoms with van der Waals surface area (Å²) in [6, 6.07) is 13.0. The average Bonchev–Trinajstić information content (AvgIpc) is 3.32. The van der Waals surface area contributed by atoms with Gasteiger partial charge in [0.1, 0.15) is 0 Å². The number of hydrogen-bond acceptors (Lipinski definition) is 4. The minimum absolute atomic E-state index is 0.0822. The molecule has 0 aliphatic carbocycles. The molecule has 0 bridgehead atoms. The number of para-hydroxylation sites is 1. The Morgan fingerprint density at radius 1 is 1.04 bits per heavy atom. The first-order chi connectivity index (χ1) is 13.2. The quantitative estimate of drug-likeness (QED) is 0.623. The van der Waals surface area contributed by atoms with E-state index in [1.807, 2.05) is 24.4 Å². The van der Waals surface area contributed by atoms with Gasteiger partial charge in [-0.2, -0.15) is 0 Å². The van der Waals surface area contributed by atoms with E-state index >= 15 is 0 Å². The number of carbonyl (C=O) groups is 2. The largest absolute Gasteiger partial charge is 0.454 e. The number of H-pyrrole nitrogens is 1. The van der Waals surface area contributed by atoms with Gasteiger partial charge in [-0.05, 0) is 36.2 Å². The molecule has 7 heteroatoms. The average molecular weight is 365 g/mol. The van der Waals surface area contributed by atoms with Crippen molar-refractivity contribution in [2.45, 2.75) is 6.42 Å². The van der Waals surface area contributed by atoms with Crippen molar-refractivity contribution in [3.63, 3.8) is 0 Å². The second-order valence-electron chi connectivity index (χ2n) is 6.21. The third-order valence-electron chi connectivity index (χ3n) is 4.44. The molecule has 0 fully saturated rings. The molecule has 1 aromatic heterocycles. The zero-order valence-electron chi connectivity index (χ0n) is 14.6. The lowest BCUT2D eigenvalue weighted by Gasteiger charge is -2.07. The molecule has 2 aromatic carbocycles. The van der Waals surface area contributed by atoms with Crippen LogP contribution >= 0.6 is 0 Å². The Kier molecular flexibility index (Phi) is 4.65. The minimum Gasteiger partial charge on any atom is -0.454 e. The van der Waals surface area contributed by atoms with E-state index in [4.69, 9.17) is 9.47 Å². The third-order valence-corrected chi connectivity index (χ3v) is 4.44. The predicted octanol–water partition coefficient (Wildman–Crippen LogP) is 1.99. The van der Waals surface area contributed by atoms with Crippen LogP contribution in [-0.4, -0.2) is 36.7 Å². The summed E-state index contributed by atoms with van der Waals surface area (Å²) in [6.07, 6.45) is 2.67. The van der Waals surface area contributed by atoms with E-state index in [0.717, 1.165) is 16.5 Å². The SMILES string of the molecule is O=C(CNC(=O)c1ccc2c(c1)OCO2)NCCc1c[nH]c2ccccc12. The highest BCUT2D eigenvalue weighted by Crippen LogP contribution is 2.32. The molecule has 3 N–H and O–H groups in total. The molecular formula is C20H19N3O4. The summed E-state index contributed by atoms with van der Waals surface area (Å²) in [4.78, 5) is 27.4. The van der Waals surface area contributed by atoms with Crippen molar-refractivity contribution in [3.05, 3.63) is 59.8 Å². The van der Waals surface area contributed by atoms with Crippen LogP contribution in [-0.2, 0) is 11.2 Å². The molecule has 138 valence electrons. The molecule has 7 nitrogen and oxygen atoms in total. The Labute approximate surface area is 155 Å². The fourth-order valence-electron chi connectivity index (χ4n) is 3.04. The number of ether oxygens (including phenoxy) is 2. The van der Waals surface area contributed by atoms with E-state index in [1.54, 1.807) is 18.2 Å². The maximum absolute atomic E-state index is 12.2. The number of rotatable bonds is 6. The smallest absolute Gasteiger partial charge is 0.251 e. The van der Waals surface area contributed by atoms with Crippen LogP contribution in [0.1, 0.15) is 15.9 Å². The summed E-state index contributed by atoms with van der Waals surface area (Å²) >= 11 is 0. The van der Waals surface area contributed by atoms with E-state index < -0.39 is 0 Å². The summed E-state index contributed by atoms with van der Waals surface area (Å²) in [5, 5.41) is 6.59.